The van der Waals surface area contributed by atoms with Crippen LogP contribution in [0.15, 0.2) is 11.6 Å². The molecule has 0 atom stereocenters. The van der Waals surface area contributed by atoms with Gasteiger partial charge in [-0.15, -0.1) is 0 Å². The van der Waals surface area contributed by atoms with Crippen LogP contribution in [-0.2, 0) is 4.79 Å². The molecule has 2 rings (SSSR count). The summed E-state index contributed by atoms with van der Waals surface area (Å²) in [6.07, 6.45) is 7.91. The zero-order valence-electron chi connectivity index (χ0n) is 14.9. The fraction of sp³-hybridized carbons (Fsp3) is 0.579. The van der Waals surface area contributed by atoms with E-state index in [-0.39, 0.29) is 24.6 Å². The van der Waals surface area contributed by atoms with E-state index in [4.69, 9.17) is 5.11 Å². The number of likely N-dealkylation sites (N-methyl/N-ethyl adjacent to an activating group) is 1. The van der Waals surface area contributed by atoms with Gasteiger partial charge in [0.1, 0.15) is 11.6 Å². The number of nitriles is 1. The zero-order chi connectivity index (χ0) is 17.7. The Morgan fingerprint density at radius 2 is 2.08 bits per heavy atom. The maximum Gasteiger partial charge on any atom is 0.264 e. The van der Waals surface area contributed by atoms with Crippen molar-refractivity contribution < 1.29 is 9.90 Å². The minimum atomic E-state index is -0.353. The molecule has 0 spiro atoms. The van der Waals surface area contributed by atoms with Crippen molar-refractivity contribution in [3.8, 4) is 6.07 Å². The highest BCUT2D eigenvalue weighted by Crippen LogP contribution is 2.32. The molecule has 1 aromatic rings. The van der Waals surface area contributed by atoms with Crippen molar-refractivity contribution in [1.82, 2.24) is 9.47 Å². The first-order valence-electron chi connectivity index (χ1n) is 8.66. The second kappa shape index (κ2) is 8.16. The Morgan fingerprint density at radius 3 is 2.67 bits per heavy atom. The smallest absolute Gasteiger partial charge is 0.264 e. The van der Waals surface area contributed by atoms with Crippen molar-refractivity contribution in [3.05, 3.63) is 28.6 Å². The standard InChI is InChI=1S/C19H27N3O2/c1-14-11-16(12-17(13-20)19(24)21(3)9-10-23)15(2)22(14)18-7-5-4-6-8-18/h11-12,18,23H,4-10H2,1-3H3/b17-12+. The predicted molar refractivity (Wildman–Crippen MR) is 94.3 cm³/mol. The maximum absolute atomic E-state index is 12.3. The molecule has 0 radical (unpaired) electrons. The lowest BCUT2D eigenvalue weighted by Crippen LogP contribution is -2.30. The maximum atomic E-state index is 12.3. The van der Waals surface area contributed by atoms with Crippen LogP contribution in [0.2, 0.25) is 0 Å². The molecule has 5 heteroatoms. The summed E-state index contributed by atoms with van der Waals surface area (Å²) in [5.41, 5.74) is 3.33. The number of amides is 1. The molecule has 0 aromatic carbocycles. The summed E-state index contributed by atoms with van der Waals surface area (Å²) in [5, 5.41) is 18.3. The summed E-state index contributed by atoms with van der Waals surface area (Å²) in [5.74, 6) is -0.353. The van der Waals surface area contributed by atoms with Crippen molar-refractivity contribution in [3.63, 3.8) is 0 Å². The molecule has 1 amide bonds. The monoisotopic (exact) mass is 329 g/mol. The summed E-state index contributed by atoms with van der Waals surface area (Å²) < 4.78 is 2.36. The lowest BCUT2D eigenvalue weighted by molar-refractivity contribution is -0.125. The highest BCUT2D eigenvalue weighted by molar-refractivity contribution is 6.01. The van der Waals surface area contributed by atoms with Crippen LogP contribution in [-0.4, -0.2) is 40.7 Å². The molecule has 1 heterocycles. The molecule has 1 aliphatic rings. The number of carbonyl (C=O) groups is 1. The van der Waals surface area contributed by atoms with E-state index in [1.807, 2.05) is 6.07 Å². The number of rotatable bonds is 5. The predicted octanol–water partition coefficient (Wildman–Crippen LogP) is 2.97. The molecule has 24 heavy (non-hydrogen) atoms. The minimum Gasteiger partial charge on any atom is -0.395 e. The lowest BCUT2D eigenvalue weighted by atomic mass is 9.95. The fourth-order valence-corrected chi connectivity index (χ4v) is 3.60. The van der Waals surface area contributed by atoms with Gasteiger partial charge in [0.15, 0.2) is 0 Å². The number of hydrogen-bond donors (Lipinski definition) is 1. The van der Waals surface area contributed by atoms with E-state index in [0.717, 1.165) is 11.3 Å². The van der Waals surface area contributed by atoms with E-state index in [1.54, 1.807) is 13.1 Å². The van der Waals surface area contributed by atoms with E-state index in [9.17, 15) is 10.1 Å². The summed E-state index contributed by atoms with van der Waals surface area (Å²) in [7, 11) is 1.59. The first-order valence-corrected chi connectivity index (χ1v) is 8.66. The van der Waals surface area contributed by atoms with Crippen LogP contribution in [0.5, 0.6) is 0 Å². The summed E-state index contributed by atoms with van der Waals surface area (Å²) in [6, 6.07) is 4.59. The SMILES string of the molecule is Cc1cc(/C=C(\C#N)C(=O)N(C)CCO)c(C)n1C1CCCCC1. The van der Waals surface area contributed by atoms with Gasteiger partial charge in [-0.2, -0.15) is 5.26 Å². The van der Waals surface area contributed by atoms with Crippen molar-refractivity contribution >= 4 is 12.0 Å². The number of aryl methyl sites for hydroxylation is 1. The van der Waals surface area contributed by atoms with Crippen LogP contribution < -0.4 is 0 Å². The van der Waals surface area contributed by atoms with Gasteiger partial charge in [-0.3, -0.25) is 4.79 Å². The van der Waals surface area contributed by atoms with Gasteiger partial charge in [-0.05, 0) is 44.4 Å². The van der Waals surface area contributed by atoms with E-state index in [0.29, 0.717) is 6.04 Å². The Morgan fingerprint density at radius 1 is 1.42 bits per heavy atom. The molecule has 0 saturated heterocycles. The molecule has 0 bridgehead atoms. The number of nitrogens with zero attached hydrogens (tertiary/aromatic N) is 3. The van der Waals surface area contributed by atoms with Gasteiger partial charge < -0.3 is 14.6 Å². The zero-order valence-corrected chi connectivity index (χ0v) is 14.9. The topological polar surface area (TPSA) is 69.3 Å². The molecule has 1 saturated carbocycles. The first-order chi connectivity index (χ1) is 11.5. The van der Waals surface area contributed by atoms with Gasteiger partial charge in [-0.25, -0.2) is 0 Å². The van der Waals surface area contributed by atoms with Gasteiger partial charge in [-0.1, -0.05) is 19.3 Å². The second-order valence-electron chi connectivity index (χ2n) is 6.61. The lowest BCUT2D eigenvalue weighted by Gasteiger charge is -2.26. The van der Waals surface area contributed by atoms with E-state index < -0.39 is 0 Å². The molecule has 0 aliphatic heterocycles. The molecule has 1 fully saturated rings. The average Bonchev–Trinajstić information content (AvgIpc) is 2.86. The van der Waals surface area contributed by atoms with Crippen LogP contribution in [0.4, 0.5) is 0 Å². The normalized spacial score (nSPS) is 16.0. The second-order valence-corrected chi connectivity index (χ2v) is 6.61. The molecule has 1 N–H and O–H groups in total. The van der Waals surface area contributed by atoms with Gasteiger partial charge in [0.05, 0.1) is 6.61 Å². The molecular weight excluding hydrogens is 302 g/mol. The highest BCUT2D eigenvalue weighted by Gasteiger charge is 2.21. The Bertz CT molecular complexity index is 661. The highest BCUT2D eigenvalue weighted by atomic mass is 16.3. The van der Waals surface area contributed by atoms with Gasteiger partial charge in [0.25, 0.3) is 5.91 Å². The van der Waals surface area contributed by atoms with Gasteiger partial charge in [0.2, 0.25) is 0 Å². The Labute approximate surface area is 144 Å². The summed E-state index contributed by atoms with van der Waals surface area (Å²) in [6.45, 7) is 4.26. The van der Waals surface area contributed by atoms with Gasteiger partial charge in [0, 0.05) is 31.0 Å². The summed E-state index contributed by atoms with van der Waals surface area (Å²) >= 11 is 0. The quantitative estimate of drug-likeness (QED) is 0.667. The van der Waals surface area contributed by atoms with Crippen LogP contribution in [0, 0.1) is 25.2 Å². The Kier molecular flexibility index (Phi) is 6.22. The first kappa shape index (κ1) is 18.3. The van der Waals surface area contributed by atoms with E-state index >= 15 is 0 Å². The third kappa shape index (κ3) is 3.88. The third-order valence-electron chi connectivity index (χ3n) is 4.90. The third-order valence-corrected chi connectivity index (χ3v) is 4.90. The molecule has 1 aromatic heterocycles. The number of aliphatic hydroxyl groups is 1. The van der Waals surface area contributed by atoms with Crippen molar-refractivity contribution in [2.24, 2.45) is 0 Å². The number of hydrogen-bond acceptors (Lipinski definition) is 3. The van der Waals surface area contributed by atoms with E-state index in [1.165, 1.54) is 42.7 Å². The van der Waals surface area contributed by atoms with Gasteiger partial charge >= 0.3 is 0 Å². The Hall–Kier alpha value is -2.06. The van der Waals surface area contributed by atoms with Crippen molar-refractivity contribution in [1.29, 1.82) is 5.26 Å². The van der Waals surface area contributed by atoms with Crippen LogP contribution in [0.25, 0.3) is 6.08 Å². The molecule has 130 valence electrons. The molecular formula is C19H27N3O2. The average molecular weight is 329 g/mol. The molecule has 5 nitrogen and oxygen atoms in total. The van der Waals surface area contributed by atoms with Crippen LogP contribution in [0.1, 0.15) is 55.1 Å². The Balaban J connectivity index is 2.31. The number of carbonyl (C=O) groups excluding carboxylic acids is 1. The summed E-state index contributed by atoms with van der Waals surface area (Å²) in [4.78, 5) is 13.7. The largest absolute Gasteiger partial charge is 0.395 e. The minimum absolute atomic E-state index is 0.106. The van der Waals surface area contributed by atoms with Crippen LogP contribution >= 0.6 is 0 Å². The van der Waals surface area contributed by atoms with E-state index in [2.05, 4.69) is 24.5 Å². The number of aliphatic hydroxyl groups excluding tert-OH is 1. The van der Waals surface area contributed by atoms with Crippen molar-refractivity contribution in [2.75, 3.05) is 20.2 Å². The molecule has 1 aliphatic carbocycles. The van der Waals surface area contributed by atoms with Crippen molar-refractivity contribution in [2.45, 2.75) is 52.0 Å². The number of aromatic nitrogens is 1. The molecule has 0 unspecified atom stereocenters. The van der Waals surface area contributed by atoms with Crippen LogP contribution in [0.3, 0.4) is 0 Å². The fourth-order valence-electron chi connectivity index (χ4n) is 3.60.